The molecule has 1 aromatic carbocycles. The van der Waals surface area contributed by atoms with E-state index in [4.69, 9.17) is 0 Å². The minimum absolute atomic E-state index is 0.0474. The number of hydrogen-bond donors (Lipinski definition) is 2. The molecule has 1 saturated heterocycles. The molecular formula is C15H21F2N3O. The minimum atomic E-state index is -0.589. The molecule has 1 aliphatic rings. The van der Waals surface area contributed by atoms with Crippen molar-refractivity contribution in [3.8, 4) is 0 Å². The zero-order valence-corrected chi connectivity index (χ0v) is 12.0. The molecule has 2 N–H and O–H groups in total. The van der Waals surface area contributed by atoms with Crippen LogP contribution < -0.4 is 10.6 Å². The van der Waals surface area contributed by atoms with E-state index in [9.17, 15) is 13.6 Å². The average Bonchev–Trinajstić information content (AvgIpc) is 2.66. The van der Waals surface area contributed by atoms with Crippen molar-refractivity contribution in [2.24, 2.45) is 0 Å². The number of carbonyl (C=O) groups excluding carboxylic acids is 1. The van der Waals surface area contributed by atoms with E-state index in [1.165, 1.54) is 12.1 Å². The highest BCUT2D eigenvalue weighted by molar-refractivity contribution is 5.78. The number of halogens is 2. The average molecular weight is 297 g/mol. The molecular weight excluding hydrogens is 276 g/mol. The third kappa shape index (κ3) is 5.77. The van der Waals surface area contributed by atoms with Gasteiger partial charge in [0.1, 0.15) is 11.6 Å². The van der Waals surface area contributed by atoms with Gasteiger partial charge in [0.05, 0.1) is 6.54 Å². The molecule has 1 aliphatic heterocycles. The summed E-state index contributed by atoms with van der Waals surface area (Å²) in [7, 11) is 0. The summed E-state index contributed by atoms with van der Waals surface area (Å²) in [6.45, 7) is 4.42. The molecule has 1 heterocycles. The fourth-order valence-corrected chi connectivity index (χ4v) is 2.42. The monoisotopic (exact) mass is 297 g/mol. The standard InChI is InChI=1S/C15H21F2N3O/c16-13-8-12(9-14(17)10-13)2-4-19-15(21)11-20-6-1-3-18-5-7-20/h8-10,18H,1-7,11H2,(H,19,21). The molecule has 21 heavy (non-hydrogen) atoms. The SMILES string of the molecule is O=C(CN1CCCNCC1)NCCc1cc(F)cc(F)c1. The lowest BCUT2D eigenvalue weighted by Gasteiger charge is -2.18. The van der Waals surface area contributed by atoms with Crippen LogP contribution in [0.15, 0.2) is 18.2 Å². The van der Waals surface area contributed by atoms with Crippen molar-refractivity contribution >= 4 is 5.91 Å². The smallest absolute Gasteiger partial charge is 0.234 e. The van der Waals surface area contributed by atoms with Crippen molar-refractivity contribution in [3.05, 3.63) is 35.4 Å². The van der Waals surface area contributed by atoms with E-state index in [0.717, 1.165) is 38.7 Å². The van der Waals surface area contributed by atoms with E-state index >= 15 is 0 Å². The summed E-state index contributed by atoms with van der Waals surface area (Å²) in [6.07, 6.45) is 1.46. The molecule has 4 nitrogen and oxygen atoms in total. The third-order valence-corrected chi connectivity index (χ3v) is 3.46. The summed E-state index contributed by atoms with van der Waals surface area (Å²) in [5.74, 6) is -1.23. The summed E-state index contributed by atoms with van der Waals surface area (Å²) >= 11 is 0. The molecule has 0 aromatic heterocycles. The molecule has 0 unspecified atom stereocenters. The van der Waals surface area contributed by atoms with Crippen LogP contribution in [0.3, 0.4) is 0 Å². The van der Waals surface area contributed by atoms with E-state index in [1.807, 2.05) is 0 Å². The van der Waals surface area contributed by atoms with Gasteiger partial charge in [-0.15, -0.1) is 0 Å². The van der Waals surface area contributed by atoms with Crippen LogP contribution in [0.4, 0.5) is 8.78 Å². The maximum absolute atomic E-state index is 13.0. The predicted molar refractivity (Wildman–Crippen MR) is 77.0 cm³/mol. The maximum atomic E-state index is 13.0. The Morgan fingerprint density at radius 1 is 1.19 bits per heavy atom. The Balaban J connectivity index is 1.71. The summed E-state index contributed by atoms with van der Waals surface area (Å²) in [4.78, 5) is 13.9. The van der Waals surface area contributed by atoms with Crippen LogP contribution >= 0.6 is 0 Å². The number of nitrogens with one attached hydrogen (secondary N) is 2. The highest BCUT2D eigenvalue weighted by Crippen LogP contribution is 2.08. The molecule has 116 valence electrons. The molecule has 0 atom stereocenters. The lowest BCUT2D eigenvalue weighted by molar-refractivity contribution is -0.122. The second-order valence-electron chi connectivity index (χ2n) is 5.26. The Morgan fingerprint density at radius 3 is 2.71 bits per heavy atom. The van der Waals surface area contributed by atoms with E-state index < -0.39 is 11.6 Å². The van der Waals surface area contributed by atoms with Crippen molar-refractivity contribution in [3.63, 3.8) is 0 Å². The molecule has 0 aliphatic carbocycles. The summed E-state index contributed by atoms with van der Waals surface area (Å²) < 4.78 is 26.0. The molecule has 0 bridgehead atoms. The summed E-state index contributed by atoms with van der Waals surface area (Å²) in [6, 6.07) is 3.42. The van der Waals surface area contributed by atoms with Crippen LogP contribution in [-0.2, 0) is 11.2 Å². The highest BCUT2D eigenvalue weighted by Gasteiger charge is 2.12. The topological polar surface area (TPSA) is 44.4 Å². The first kappa shape index (κ1) is 15.9. The van der Waals surface area contributed by atoms with Crippen LogP contribution in [0.1, 0.15) is 12.0 Å². The molecule has 0 spiro atoms. The van der Waals surface area contributed by atoms with E-state index in [0.29, 0.717) is 25.1 Å². The van der Waals surface area contributed by atoms with Gasteiger partial charge in [0.25, 0.3) is 0 Å². The Kier molecular flexibility index (Phi) is 6.07. The van der Waals surface area contributed by atoms with Crippen molar-refractivity contribution in [2.45, 2.75) is 12.8 Å². The molecule has 0 saturated carbocycles. The first-order valence-electron chi connectivity index (χ1n) is 7.28. The summed E-state index contributed by atoms with van der Waals surface area (Å²) in [5, 5.41) is 6.07. The fraction of sp³-hybridized carbons (Fsp3) is 0.533. The molecule has 0 radical (unpaired) electrons. The normalized spacial score (nSPS) is 16.5. The van der Waals surface area contributed by atoms with Crippen molar-refractivity contribution < 1.29 is 13.6 Å². The molecule has 1 fully saturated rings. The van der Waals surface area contributed by atoms with Gasteiger partial charge in [-0.25, -0.2) is 8.78 Å². The number of nitrogens with zero attached hydrogens (tertiary/aromatic N) is 1. The third-order valence-electron chi connectivity index (χ3n) is 3.46. The molecule has 2 rings (SSSR count). The molecule has 6 heteroatoms. The number of amides is 1. The molecule has 1 amide bonds. The number of hydrogen-bond acceptors (Lipinski definition) is 3. The lowest BCUT2D eigenvalue weighted by atomic mass is 10.1. The Morgan fingerprint density at radius 2 is 1.95 bits per heavy atom. The maximum Gasteiger partial charge on any atom is 0.234 e. The van der Waals surface area contributed by atoms with Crippen LogP contribution in [0, 0.1) is 11.6 Å². The summed E-state index contributed by atoms with van der Waals surface area (Å²) in [5.41, 5.74) is 0.548. The highest BCUT2D eigenvalue weighted by atomic mass is 19.1. The van der Waals surface area contributed by atoms with Gasteiger partial charge < -0.3 is 10.6 Å². The largest absolute Gasteiger partial charge is 0.355 e. The lowest BCUT2D eigenvalue weighted by Crippen LogP contribution is -2.39. The Hall–Kier alpha value is -1.53. The second-order valence-corrected chi connectivity index (χ2v) is 5.26. The van der Waals surface area contributed by atoms with Crippen LogP contribution in [0.25, 0.3) is 0 Å². The van der Waals surface area contributed by atoms with Gasteiger partial charge in [0.2, 0.25) is 5.91 Å². The van der Waals surface area contributed by atoms with E-state index in [1.54, 1.807) is 0 Å². The Labute approximate surface area is 123 Å². The first-order valence-corrected chi connectivity index (χ1v) is 7.28. The van der Waals surface area contributed by atoms with Gasteiger partial charge in [-0.2, -0.15) is 0 Å². The molecule has 1 aromatic rings. The zero-order chi connectivity index (χ0) is 15.1. The van der Waals surface area contributed by atoms with Gasteiger partial charge in [0.15, 0.2) is 0 Å². The van der Waals surface area contributed by atoms with E-state index in [-0.39, 0.29) is 5.91 Å². The fourth-order valence-electron chi connectivity index (χ4n) is 2.42. The Bertz CT molecular complexity index is 454. The van der Waals surface area contributed by atoms with Crippen molar-refractivity contribution in [2.75, 3.05) is 39.3 Å². The van der Waals surface area contributed by atoms with Crippen LogP contribution in [0.5, 0.6) is 0 Å². The number of carbonyl (C=O) groups is 1. The van der Waals surface area contributed by atoms with Gasteiger partial charge in [-0.1, -0.05) is 0 Å². The number of rotatable bonds is 5. The van der Waals surface area contributed by atoms with Crippen molar-refractivity contribution in [1.82, 2.24) is 15.5 Å². The van der Waals surface area contributed by atoms with Gasteiger partial charge in [-0.3, -0.25) is 9.69 Å². The van der Waals surface area contributed by atoms with Gasteiger partial charge >= 0.3 is 0 Å². The quantitative estimate of drug-likeness (QED) is 0.849. The first-order chi connectivity index (χ1) is 10.1. The predicted octanol–water partition coefficient (Wildman–Crippen LogP) is 0.919. The minimum Gasteiger partial charge on any atom is -0.355 e. The van der Waals surface area contributed by atoms with Crippen LogP contribution in [0.2, 0.25) is 0 Å². The van der Waals surface area contributed by atoms with Gasteiger partial charge in [-0.05, 0) is 43.6 Å². The van der Waals surface area contributed by atoms with Crippen molar-refractivity contribution in [1.29, 1.82) is 0 Å². The number of benzene rings is 1. The van der Waals surface area contributed by atoms with Gasteiger partial charge in [0, 0.05) is 25.7 Å². The van der Waals surface area contributed by atoms with Crippen LogP contribution in [-0.4, -0.2) is 50.1 Å². The second kappa shape index (κ2) is 8.05. The van der Waals surface area contributed by atoms with E-state index in [2.05, 4.69) is 15.5 Å². The zero-order valence-electron chi connectivity index (χ0n) is 12.0.